The Kier molecular flexibility index (Phi) is 8.13. The first-order valence-electron chi connectivity index (χ1n) is 20.5. The lowest BCUT2D eigenvalue weighted by atomic mass is 9.96. The van der Waals surface area contributed by atoms with Gasteiger partial charge in [-0.3, -0.25) is 0 Å². The van der Waals surface area contributed by atoms with E-state index in [1.165, 1.54) is 64.4 Å². The molecule has 3 aromatic heterocycles. The number of fused-ring (bicyclic) bond motifs is 7. The largest absolute Gasteiger partial charge is 0.309 e. The highest BCUT2D eigenvalue weighted by atomic mass is 32.1. The normalized spacial score (nSPS) is 12.5. The number of benzene rings is 8. The van der Waals surface area contributed by atoms with Gasteiger partial charge in [0.2, 0.25) is 0 Å². The smallest absolute Gasteiger partial charge is 0.165 e. The van der Waals surface area contributed by atoms with Crippen LogP contribution in [0.4, 0.5) is 0 Å². The second-order valence-corrected chi connectivity index (χ2v) is 16.5. The Morgan fingerprint density at radius 2 is 1.08 bits per heavy atom. The van der Waals surface area contributed by atoms with Crippen molar-refractivity contribution in [3.05, 3.63) is 199 Å². The third-order valence-electron chi connectivity index (χ3n) is 12.0. The number of hydrogen-bond donors (Lipinski definition) is 0. The zero-order chi connectivity index (χ0) is 39.6. The van der Waals surface area contributed by atoms with E-state index in [0.29, 0.717) is 17.5 Å². The van der Waals surface area contributed by atoms with Crippen molar-refractivity contribution in [3.8, 4) is 62.1 Å². The molecule has 60 heavy (non-hydrogen) atoms. The maximum atomic E-state index is 5.23. The van der Waals surface area contributed by atoms with Crippen LogP contribution in [-0.2, 0) is 6.42 Å². The van der Waals surface area contributed by atoms with Crippen molar-refractivity contribution in [1.82, 2.24) is 19.5 Å². The fourth-order valence-electron chi connectivity index (χ4n) is 9.12. The molecule has 8 aromatic carbocycles. The van der Waals surface area contributed by atoms with E-state index < -0.39 is 0 Å². The molecule has 0 radical (unpaired) electrons. The Morgan fingerprint density at radius 3 is 1.95 bits per heavy atom. The van der Waals surface area contributed by atoms with Gasteiger partial charge in [-0.1, -0.05) is 158 Å². The minimum Gasteiger partial charge on any atom is -0.309 e. The predicted molar refractivity (Wildman–Crippen MR) is 252 cm³/mol. The van der Waals surface area contributed by atoms with Crippen molar-refractivity contribution in [2.24, 2.45) is 0 Å². The van der Waals surface area contributed by atoms with Gasteiger partial charge in [0.25, 0.3) is 0 Å². The molecule has 282 valence electrons. The van der Waals surface area contributed by atoms with Gasteiger partial charge >= 0.3 is 0 Å². The van der Waals surface area contributed by atoms with Crippen molar-refractivity contribution in [2.75, 3.05) is 0 Å². The highest BCUT2D eigenvalue weighted by Crippen LogP contribution is 2.41. The summed E-state index contributed by atoms with van der Waals surface area (Å²) in [6, 6.07) is 64.9. The molecular formula is C55H36N4S. The minimum absolute atomic E-state index is 0.641. The molecule has 0 saturated carbocycles. The first-order chi connectivity index (χ1) is 29.7. The summed E-state index contributed by atoms with van der Waals surface area (Å²) < 4.78 is 4.88. The van der Waals surface area contributed by atoms with Crippen molar-refractivity contribution < 1.29 is 0 Å². The van der Waals surface area contributed by atoms with Crippen LogP contribution in [-0.4, -0.2) is 19.5 Å². The number of allylic oxidation sites excluding steroid dienone is 1. The van der Waals surface area contributed by atoms with E-state index in [0.717, 1.165) is 46.2 Å². The van der Waals surface area contributed by atoms with Crippen LogP contribution in [0.1, 0.15) is 17.7 Å². The van der Waals surface area contributed by atoms with Gasteiger partial charge in [0.05, 0.1) is 11.2 Å². The molecule has 0 fully saturated rings. The van der Waals surface area contributed by atoms with Crippen LogP contribution in [0.2, 0.25) is 0 Å². The van der Waals surface area contributed by atoms with Gasteiger partial charge in [-0.25, -0.2) is 15.0 Å². The first kappa shape index (κ1) is 34.6. The molecule has 0 aliphatic heterocycles. The SMILES string of the molecule is C1=Cc2c(c3ccccc3n2-c2ccc(-c3ccc(-c4nc(-c5cccc(-c6ccccc6)c5)nc(-c5cccc6c5sc5ccccc56)n4)cc3)c3ccccc23)CC1. The standard InChI is InChI=1S/C55H36N4S/c1-2-14-35(15-3-1)38-16-12-17-39(34-38)54-56-53(57-55(58-54)47-24-13-23-46-45-22-8-11-27-51(45)60-52(46)47)37-30-28-36(29-31-37)40-32-33-50(42-19-5-4-18-41(40)42)59-48-25-9-6-20-43(48)44-21-7-10-26-49(44)59/h1-6,8-20,22-34H,7,21H2. The van der Waals surface area contributed by atoms with Gasteiger partial charge in [0.1, 0.15) is 0 Å². The minimum atomic E-state index is 0.641. The number of nitrogens with zero attached hydrogens (tertiary/aromatic N) is 4. The van der Waals surface area contributed by atoms with Crippen molar-refractivity contribution >= 4 is 59.3 Å². The number of hydrogen-bond acceptors (Lipinski definition) is 4. The lowest BCUT2D eigenvalue weighted by Crippen LogP contribution is -2.01. The quantitative estimate of drug-likeness (QED) is 0.169. The number of thiophene rings is 1. The Labute approximate surface area is 351 Å². The van der Waals surface area contributed by atoms with Gasteiger partial charge in [0.15, 0.2) is 17.5 Å². The Hall–Kier alpha value is -7.47. The molecule has 0 N–H and O–H groups in total. The Bertz CT molecular complexity index is 3480. The monoisotopic (exact) mass is 784 g/mol. The third kappa shape index (κ3) is 5.70. The summed E-state index contributed by atoms with van der Waals surface area (Å²) in [7, 11) is 0. The van der Waals surface area contributed by atoms with Gasteiger partial charge in [-0.05, 0) is 82.5 Å². The topological polar surface area (TPSA) is 43.6 Å². The van der Waals surface area contributed by atoms with Crippen LogP contribution in [0.15, 0.2) is 188 Å². The van der Waals surface area contributed by atoms with Gasteiger partial charge in [0, 0.05) is 53.3 Å². The van der Waals surface area contributed by atoms with E-state index >= 15 is 0 Å². The summed E-state index contributed by atoms with van der Waals surface area (Å²) in [5.41, 5.74) is 12.7. The lowest BCUT2D eigenvalue weighted by Gasteiger charge is -2.17. The number of aryl methyl sites for hydroxylation is 1. The lowest BCUT2D eigenvalue weighted by molar-refractivity contribution is 0.970. The Balaban J connectivity index is 0.986. The average Bonchev–Trinajstić information content (AvgIpc) is 3.88. The fourth-order valence-corrected chi connectivity index (χ4v) is 10.3. The Morgan fingerprint density at radius 1 is 0.433 bits per heavy atom. The highest BCUT2D eigenvalue weighted by molar-refractivity contribution is 7.26. The molecule has 0 unspecified atom stereocenters. The molecule has 11 aromatic rings. The zero-order valence-corrected chi connectivity index (χ0v) is 33.4. The maximum Gasteiger partial charge on any atom is 0.165 e. The van der Waals surface area contributed by atoms with Crippen LogP contribution >= 0.6 is 11.3 Å². The molecule has 1 aliphatic rings. The third-order valence-corrected chi connectivity index (χ3v) is 13.2. The van der Waals surface area contributed by atoms with Crippen LogP contribution in [0.3, 0.4) is 0 Å². The summed E-state index contributed by atoms with van der Waals surface area (Å²) in [5.74, 6) is 1.95. The summed E-state index contributed by atoms with van der Waals surface area (Å²) in [4.78, 5) is 15.6. The van der Waals surface area contributed by atoms with Crippen molar-refractivity contribution in [1.29, 1.82) is 0 Å². The van der Waals surface area contributed by atoms with Crippen LogP contribution in [0, 0.1) is 0 Å². The van der Waals surface area contributed by atoms with E-state index in [4.69, 9.17) is 15.0 Å². The molecule has 0 atom stereocenters. The molecule has 5 heteroatoms. The molecule has 12 rings (SSSR count). The van der Waals surface area contributed by atoms with Gasteiger partial charge in [-0.2, -0.15) is 0 Å². The second kappa shape index (κ2) is 14.1. The van der Waals surface area contributed by atoms with Crippen LogP contribution < -0.4 is 0 Å². The van der Waals surface area contributed by atoms with E-state index in [1.54, 1.807) is 11.3 Å². The molecule has 3 heterocycles. The number of aromatic nitrogens is 4. The molecule has 0 spiro atoms. The van der Waals surface area contributed by atoms with E-state index in [2.05, 4.69) is 193 Å². The maximum absolute atomic E-state index is 5.23. The van der Waals surface area contributed by atoms with Crippen molar-refractivity contribution in [3.63, 3.8) is 0 Å². The molecular weight excluding hydrogens is 749 g/mol. The van der Waals surface area contributed by atoms with Gasteiger partial charge in [-0.15, -0.1) is 11.3 Å². The van der Waals surface area contributed by atoms with E-state index in [-0.39, 0.29) is 0 Å². The predicted octanol–water partition coefficient (Wildman–Crippen LogP) is 14.6. The van der Waals surface area contributed by atoms with Crippen molar-refractivity contribution in [2.45, 2.75) is 12.8 Å². The fraction of sp³-hybridized carbons (Fsp3) is 0.0364. The number of rotatable bonds is 6. The molecule has 0 bridgehead atoms. The van der Waals surface area contributed by atoms with Crippen LogP contribution in [0.5, 0.6) is 0 Å². The van der Waals surface area contributed by atoms with Crippen LogP contribution in [0.25, 0.3) is 110 Å². The number of para-hydroxylation sites is 1. The molecule has 0 saturated heterocycles. The highest BCUT2D eigenvalue weighted by Gasteiger charge is 2.21. The molecule has 1 aliphatic carbocycles. The van der Waals surface area contributed by atoms with E-state index in [9.17, 15) is 0 Å². The zero-order valence-electron chi connectivity index (χ0n) is 32.6. The summed E-state index contributed by atoms with van der Waals surface area (Å²) >= 11 is 1.79. The summed E-state index contributed by atoms with van der Waals surface area (Å²) in [5, 5.41) is 6.25. The average molecular weight is 785 g/mol. The van der Waals surface area contributed by atoms with Gasteiger partial charge < -0.3 is 4.57 Å². The molecule has 4 nitrogen and oxygen atoms in total. The molecule has 0 amide bonds. The summed E-state index contributed by atoms with van der Waals surface area (Å²) in [6.45, 7) is 0. The second-order valence-electron chi connectivity index (χ2n) is 15.4. The van der Waals surface area contributed by atoms with E-state index in [1.807, 2.05) is 6.07 Å². The summed E-state index contributed by atoms with van der Waals surface area (Å²) in [6.07, 6.45) is 6.75. The first-order valence-corrected chi connectivity index (χ1v) is 21.3.